The van der Waals surface area contributed by atoms with Crippen molar-refractivity contribution in [1.82, 2.24) is 4.84 Å². The molecule has 11 heavy (non-hydrogen) atoms. The van der Waals surface area contributed by atoms with Crippen molar-refractivity contribution >= 4 is 11.8 Å². The molecule has 0 saturated carbocycles. The Morgan fingerprint density at radius 1 is 1.09 bits per heavy atom. The average Bonchev–Trinajstić information content (AvgIpc) is 2.05. The Labute approximate surface area is 75.6 Å². The molecule has 0 aromatic heterocycles. The molecule has 0 aromatic rings. The van der Waals surface area contributed by atoms with Gasteiger partial charge < -0.3 is 0 Å². The summed E-state index contributed by atoms with van der Waals surface area (Å²) >= 11 is 5.59. The molecule has 68 valence electrons. The van der Waals surface area contributed by atoms with Crippen LogP contribution in [0.5, 0.6) is 0 Å². The molecule has 0 aromatic carbocycles. The van der Waals surface area contributed by atoms with Gasteiger partial charge in [-0.25, -0.2) is 4.84 Å². The van der Waals surface area contributed by atoms with Crippen molar-refractivity contribution in [1.29, 1.82) is 0 Å². The van der Waals surface area contributed by atoms with Gasteiger partial charge in [-0.05, 0) is 24.6 Å². The van der Waals surface area contributed by atoms with Crippen molar-refractivity contribution in [2.24, 2.45) is 0 Å². The average molecular weight is 178 g/mol. The number of unbranched alkanes of at least 4 members (excludes halogenated alkanes) is 2. The van der Waals surface area contributed by atoms with Gasteiger partial charge in [-0.2, -0.15) is 0 Å². The highest BCUT2D eigenvalue weighted by molar-refractivity contribution is 6.13. The first-order valence-electron chi connectivity index (χ1n) is 4.71. The standard InChI is InChI=1S/C9H20ClN/c1-3-5-7-9(11-10)8-6-4-2/h9,11H,3-8H2,1-2H3. The number of hydrogen-bond acceptors (Lipinski definition) is 1. The Hall–Kier alpha value is 0.250. The van der Waals surface area contributed by atoms with Gasteiger partial charge in [0.05, 0.1) is 0 Å². The maximum atomic E-state index is 5.59. The van der Waals surface area contributed by atoms with Crippen LogP contribution in [-0.2, 0) is 0 Å². The molecule has 0 aliphatic rings. The first kappa shape index (κ1) is 11.2. The van der Waals surface area contributed by atoms with E-state index in [0.717, 1.165) is 0 Å². The molecule has 0 spiro atoms. The summed E-state index contributed by atoms with van der Waals surface area (Å²) in [7, 11) is 0. The molecule has 0 fully saturated rings. The van der Waals surface area contributed by atoms with E-state index >= 15 is 0 Å². The molecule has 0 aliphatic heterocycles. The highest BCUT2D eigenvalue weighted by Gasteiger charge is 2.04. The summed E-state index contributed by atoms with van der Waals surface area (Å²) in [5.41, 5.74) is 0. The summed E-state index contributed by atoms with van der Waals surface area (Å²) in [6.07, 6.45) is 7.55. The van der Waals surface area contributed by atoms with Crippen LogP contribution in [0.1, 0.15) is 52.4 Å². The van der Waals surface area contributed by atoms with E-state index in [2.05, 4.69) is 18.7 Å². The molecule has 1 N–H and O–H groups in total. The summed E-state index contributed by atoms with van der Waals surface area (Å²) in [5.74, 6) is 0. The van der Waals surface area contributed by atoms with Gasteiger partial charge in [0.2, 0.25) is 0 Å². The molecule has 2 heteroatoms. The third-order valence-electron chi connectivity index (χ3n) is 1.97. The van der Waals surface area contributed by atoms with Crippen molar-refractivity contribution < 1.29 is 0 Å². The van der Waals surface area contributed by atoms with Crippen LogP contribution in [0.3, 0.4) is 0 Å². The largest absolute Gasteiger partial charge is 0.230 e. The number of rotatable bonds is 7. The number of nitrogens with one attached hydrogen (secondary N) is 1. The third kappa shape index (κ3) is 6.64. The van der Waals surface area contributed by atoms with Gasteiger partial charge in [0.1, 0.15) is 0 Å². The van der Waals surface area contributed by atoms with Crippen molar-refractivity contribution in [3.8, 4) is 0 Å². The minimum Gasteiger partial charge on any atom is -0.230 e. The molecule has 0 radical (unpaired) electrons. The van der Waals surface area contributed by atoms with Gasteiger partial charge in [-0.15, -0.1) is 0 Å². The predicted molar refractivity (Wildman–Crippen MR) is 51.8 cm³/mol. The Morgan fingerprint density at radius 3 is 1.82 bits per heavy atom. The van der Waals surface area contributed by atoms with E-state index in [1.165, 1.54) is 38.5 Å². The predicted octanol–water partition coefficient (Wildman–Crippen LogP) is 3.48. The summed E-state index contributed by atoms with van der Waals surface area (Å²) in [6.45, 7) is 4.43. The van der Waals surface area contributed by atoms with Crippen LogP contribution in [0.15, 0.2) is 0 Å². The Morgan fingerprint density at radius 2 is 1.55 bits per heavy atom. The lowest BCUT2D eigenvalue weighted by molar-refractivity contribution is 0.492. The molecule has 1 nitrogen and oxygen atoms in total. The fourth-order valence-corrected chi connectivity index (χ4v) is 1.37. The quantitative estimate of drug-likeness (QED) is 0.588. The van der Waals surface area contributed by atoms with E-state index in [1.54, 1.807) is 0 Å². The van der Waals surface area contributed by atoms with Crippen molar-refractivity contribution in [2.75, 3.05) is 0 Å². The van der Waals surface area contributed by atoms with Crippen LogP contribution in [-0.4, -0.2) is 6.04 Å². The summed E-state index contributed by atoms with van der Waals surface area (Å²) in [6, 6.07) is 0.538. The lowest BCUT2D eigenvalue weighted by Gasteiger charge is -2.12. The van der Waals surface area contributed by atoms with Crippen LogP contribution in [0.4, 0.5) is 0 Å². The van der Waals surface area contributed by atoms with E-state index in [4.69, 9.17) is 11.8 Å². The second-order valence-electron chi connectivity index (χ2n) is 3.09. The summed E-state index contributed by atoms with van der Waals surface area (Å²) in [5, 5.41) is 0. The van der Waals surface area contributed by atoms with E-state index in [0.29, 0.717) is 6.04 Å². The van der Waals surface area contributed by atoms with Crippen molar-refractivity contribution in [3.05, 3.63) is 0 Å². The molecule has 0 amide bonds. The third-order valence-corrected chi connectivity index (χ3v) is 2.28. The van der Waals surface area contributed by atoms with E-state index in [9.17, 15) is 0 Å². The van der Waals surface area contributed by atoms with Gasteiger partial charge in [-0.3, -0.25) is 0 Å². The monoisotopic (exact) mass is 177 g/mol. The Balaban J connectivity index is 3.25. The lowest BCUT2D eigenvalue weighted by Crippen LogP contribution is -2.20. The first-order chi connectivity index (χ1) is 5.35. The normalized spacial score (nSPS) is 10.9. The van der Waals surface area contributed by atoms with Gasteiger partial charge >= 0.3 is 0 Å². The van der Waals surface area contributed by atoms with Crippen LogP contribution in [0.25, 0.3) is 0 Å². The van der Waals surface area contributed by atoms with Crippen LogP contribution >= 0.6 is 11.8 Å². The zero-order chi connectivity index (χ0) is 8.53. The zero-order valence-electron chi connectivity index (χ0n) is 7.70. The topological polar surface area (TPSA) is 12.0 Å². The lowest BCUT2D eigenvalue weighted by atomic mass is 10.1. The summed E-state index contributed by atoms with van der Waals surface area (Å²) in [4.78, 5) is 2.84. The molecule has 0 aliphatic carbocycles. The molecule has 0 atom stereocenters. The smallest absolute Gasteiger partial charge is 0.0220 e. The molecule has 0 heterocycles. The van der Waals surface area contributed by atoms with Gasteiger partial charge in [0, 0.05) is 6.04 Å². The van der Waals surface area contributed by atoms with Crippen molar-refractivity contribution in [2.45, 2.75) is 58.4 Å². The second-order valence-corrected chi connectivity index (χ2v) is 3.31. The van der Waals surface area contributed by atoms with Gasteiger partial charge in [0.25, 0.3) is 0 Å². The SMILES string of the molecule is CCCCC(CCCC)NCl. The fraction of sp³-hybridized carbons (Fsp3) is 1.00. The first-order valence-corrected chi connectivity index (χ1v) is 5.09. The highest BCUT2D eigenvalue weighted by atomic mass is 35.5. The number of hydrogen-bond donors (Lipinski definition) is 1. The van der Waals surface area contributed by atoms with E-state index in [1.807, 2.05) is 0 Å². The Kier molecular flexibility index (Phi) is 8.54. The maximum Gasteiger partial charge on any atom is 0.0220 e. The van der Waals surface area contributed by atoms with Gasteiger partial charge in [-0.1, -0.05) is 39.5 Å². The maximum absolute atomic E-state index is 5.59. The molecule has 0 rings (SSSR count). The zero-order valence-corrected chi connectivity index (χ0v) is 8.45. The van der Waals surface area contributed by atoms with Crippen LogP contribution < -0.4 is 4.84 Å². The Bertz CT molecular complexity index is 68.0. The minimum absolute atomic E-state index is 0.538. The molecule has 0 unspecified atom stereocenters. The molecular weight excluding hydrogens is 158 g/mol. The van der Waals surface area contributed by atoms with E-state index in [-0.39, 0.29) is 0 Å². The van der Waals surface area contributed by atoms with Crippen LogP contribution in [0.2, 0.25) is 0 Å². The number of halogens is 1. The molecular formula is C9H20ClN. The minimum atomic E-state index is 0.538. The summed E-state index contributed by atoms with van der Waals surface area (Å²) < 4.78 is 0. The van der Waals surface area contributed by atoms with Crippen LogP contribution in [0, 0.1) is 0 Å². The highest BCUT2D eigenvalue weighted by Crippen LogP contribution is 2.08. The second kappa shape index (κ2) is 8.35. The fourth-order valence-electron chi connectivity index (χ4n) is 1.15. The van der Waals surface area contributed by atoms with Crippen molar-refractivity contribution in [3.63, 3.8) is 0 Å². The molecule has 0 saturated heterocycles. The molecule has 0 bridgehead atoms. The van der Waals surface area contributed by atoms with Gasteiger partial charge in [0.15, 0.2) is 0 Å². The van der Waals surface area contributed by atoms with E-state index < -0.39 is 0 Å².